The molecule has 0 aromatic carbocycles. The molecule has 1 aliphatic rings. The van der Waals surface area contributed by atoms with Gasteiger partial charge in [-0.25, -0.2) is 4.57 Å². The SMILES string of the molecule is CC/C=C\C/C=C\C\C=C/C=C/C=C/C1OC1CCCC(=O)OC(COC(=O)CCCCCCC/C=C\CCCCCCCC)COP(=O)(O)OCC(O)CO. The first-order chi connectivity index (χ1) is 27.2. The predicted octanol–water partition coefficient (Wildman–Crippen LogP) is 9.87. The highest BCUT2D eigenvalue weighted by Crippen LogP contribution is 2.43. The average molecular weight is 809 g/mol. The van der Waals surface area contributed by atoms with E-state index in [1.165, 1.54) is 38.5 Å². The number of allylic oxidation sites excluding steroid dienone is 11. The first-order valence-corrected chi connectivity index (χ1v) is 22.6. The number of ether oxygens (including phenoxy) is 3. The molecule has 0 radical (unpaired) electrons. The Morgan fingerprint density at radius 3 is 2.00 bits per heavy atom. The molecule has 0 saturated carbocycles. The number of phosphoric ester groups is 1. The number of carbonyl (C=O) groups is 2. The Morgan fingerprint density at radius 1 is 0.696 bits per heavy atom. The number of hydrogen-bond acceptors (Lipinski definition) is 10. The minimum absolute atomic E-state index is 0.0101. The van der Waals surface area contributed by atoms with Crippen LogP contribution in [-0.2, 0) is 37.4 Å². The summed E-state index contributed by atoms with van der Waals surface area (Å²) in [6.45, 7) is 2.12. The Hall–Kier alpha value is -2.63. The number of phosphoric acid groups is 1. The molecule has 11 nitrogen and oxygen atoms in total. The van der Waals surface area contributed by atoms with E-state index in [4.69, 9.17) is 23.8 Å². The lowest BCUT2D eigenvalue weighted by atomic mass is 10.1. The zero-order valence-electron chi connectivity index (χ0n) is 34.3. The molecular formula is C44H73O11P. The fraction of sp³-hybridized carbons (Fsp3) is 0.682. The topological polar surface area (TPSA) is 161 Å². The van der Waals surface area contributed by atoms with Crippen LogP contribution in [0.25, 0.3) is 0 Å². The van der Waals surface area contributed by atoms with E-state index in [1.54, 1.807) is 0 Å². The highest BCUT2D eigenvalue weighted by molar-refractivity contribution is 7.47. The minimum atomic E-state index is -4.65. The number of unbranched alkanes of at least 4 members (excludes halogenated alkanes) is 11. The smallest absolute Gasteiger partial charge is 0.462 e. The van der Waals surface area contributed by atoms with Gasteiger partial charge in [0.2, 0.25) is 0 Å². The van der Waals surface area contributed by atoms with E-state index in [1.807, 2.05) is 30.4 Å². The van der Waals surface area contributed by atoms with Gasteiger partial charge in [0, 0.05) is 12.8 Å². The lowest BCUT2D eigenvalue weighted by Crippen LogP contribution is -2.30. The summed E-state index contributed by atoms with van der Waals surface area (Å²) in [4.78, 5) is 35.1. The number of epoxide rings is 1. The summed E-state index contributed by atoms with van der Waals surface area (Å²) >= 11 is 0. The number of carbonyl (C=O) groups excluding carboxylic acids is 2. The number of hydrogen-bond donors (Lipinski definition) is 3. The molecule has 12 heteroatoms. The normalized spacial score (nSPS) is 18.2. The first kappa shape index (κ1) is 51.4. The van der Waals surface area contributed by atoms with Gasteiger partial charge in [-0.15, -0.1) is 0 Å². The summed E-state index contributed by atoms with van der Waals surface area (Å²) in [6.07, 6.45) is 41.8. The average Bonchev–Trinajstić information content (AvgIpc) is 3.94. The number of esters is 2. The molecule has 1 fully saturated rings. The molecule has 5 atom stereocenters. The van der Waals surface area contributed by atoms with E-state index >= 15 is 0 Å². The van der Waals surface area contributed by atoms with Gasteiger partial charge in [-0.1, -0.05) is 138 Å². The van der Waals surface area contributed by atoms with Crippen molar-refractivity contribution >= 4 is 19.8 Å². The van der Waals surface area contributed by atoms with Crippen molar-refractivity contribution in [3.63, 3.8) is 0 Å². The molecule has 5 unspecified atom stereocenters. The van der Waals surface area contributed by atoms with Crippen molar-refractivity contribution in [1.82, 2.24) is 0 Å². The number of rotatable bonds is 37. The van der Waals surface area contributed by atoms with Gasteiger partial charge < -0.3 is 29.3 Å². The first-order valence-electron chi connectivity index (χ1n) is 21.1. The molecular weight excluding hydrogens is 735 g/mol. The van der Waals surface area contributed by atoms with Crippen LogP contribution < -0.4 is 0 Å². The van der Waals surface area contributed by atoms with Crippen molar-refractivity contribution < 1.29 is 52.5 Å². The van der Waals surface area contributed by atoms with Crippen molar-refractivity contribution in [1.29, 1.82) is 0 Å². The molecule has 1 saturated heterocycles. The molecule has 3 N–H and O–H groups in total. The standard InChI is InChI=1S/C44H73O11P/c1-3-5-7-9-11-13-15-17-18-19-21-23-25-27-29-33-43(47)51-37-40(38-53-56(49,50)52-36-39(46)35-45)54-44(48)34-30-32-42-41(55-42)31-28-26-24-22-20-16-14-12-10-8-6-4-2/h6,8,12,14,17-18,20,22,24,26,28,31,39-42,45-46H,3-5,7,9-11,13,15-16,19,21,23,25,27,29-30,32-38H2,1-2H3,(H,49,50)/b8-6-,14-12-,18-17-,22-20-,26-24+,31-28+. The van der Waals surface area contributed by atoms with Crippen molar-refractivity contribution in [2.75, 3.05) is 26.4 Å². The van der Waals surface area contributed by atoms with Crippen LogP contribution >= 0.6 is 7.82 Å². The second-order valence-electron chi connectivity index (χ2n) is 14.1. The third-order valence-electron chi connectivity index (χ3n) is 8.81. The summed E-state index contributed by atoms with van der Waals surface area (Å²) in [5.41, 5.74) is 0. The molecule has 0 aromatic rings. The van der Waals surface area contributed by atoms with Crippen LogP contribution in [0.15, 0.2) is 72.9 Å². The monoisotopic (exact) mass is 808 g/mol. The van der Waals surface area contributed by atoms with Gasteiger partial charge in [-0.3, -0.25) is 18.6 Å². The van der Waals surface area contributed by atoms with Crippen LogP contribution in [0.5, 0.6) is 0 Å². The van der Waals surface area contributed by atoms with Crippen LogP contribution in [0.4, 0.5) is 0 Å². The van der Waals surface area contributed by atoms with E-state index < -0.39 is 51.8 Å². The van der Waals surface area contributed by atoms with Gasteiger partial charge in [0.05, 0.1) is 25.9 Å². The zero-order valence-corrected chi connectivity index (χ0v) is 35.2. The van der Waals surface area contributed by atoms with Crippen LogP contribution in [-0.4, -0.2) is 77.9 Å². The van der Waals surface area contributed by atoms with Crippen LogP contribution in [0.1, 0.15) is 142 Å². The number of aliphatic hydroxyl groups excluding tert-OH is 2. The van der Waals surface area contributed by atoms with Crippen molar-refractivity contribution in [2.24, 2.45) is 0 Å². The van der Waals surface area contributed by atoms with Crippen LogP contribution in [0.2, 0.25) is 0 Å². The van der Waals surface area contributed by atoms with E-state index in [0.717, 1.165) is 57.8 Å². The Labute approximate surface area is 337 Å². The quantitative estimate of drug-likeness (QED) is 0.0137. The third-order valence-corrected chi connectivity index (χ3v) is 9.76. The lowest BCUT2D eigenvalue weighted by molar-refractivity contribution is -0.161. The summed E-state index contributed by atoms with van der Waals surface area (Å²) in [5, 5.41) is 18.3. The lowest BCUT2D eigenvalue weighted by Gasteiger charge is -2.20. The highest BCUT2D eigenvalue weighted by atomic mass is 31.2. The summed E-state index contributed by atoms with van der Waals surface area (Å²) in [5.74, 6) is -1.04. The summed E-state index contributed by atoms with van der Waals surface area (Å²) in [7, 11) is -4.65. The third kappa shape index (κ3) is 32.5. The summed E-state index contributed by atoms with van der Waals surface area (Å²) in [6, 6.07) is 0. The Bertz CT molecular complexity index is 1230. The fourth-order valence-corrected chi connectivity index (χ4v) is 6.27. The van der Waals surface area contributed by atoms with Gasteiger partial charge in [-0.05, 0) is 64.2 Å². The molecule has 0 aliphatic carbocycles. The zero-order chi connectivity index (χ0) is 41.0. The Morgan fingerprint density at radius 2 is 1.30 bits per heavy atom. The Balaban J connectivity index is 2.36. The Kier molecular flexibility index (Phi) is 32.6. The minimum Gasteiger partial charge on any atom is -0.462 e. The van der Waals surface area contributed by atoms with Crippen molar-refractivity contribution in [3.05, 3.63) is 72.9 Å². The molecule has 1 aliphatic heterocycles. The highest BCUT2D eigenvalue weighted by Gasteiger charge is 2.35. The maximum Gasteiger partial charge on any atom is 0.472 e. The molecule has 320 valence electrons. The van der Waals surface area contributed by atoms with Gasteiger partial charge in [0.15, 0.2) is 6.10 Å². The second-order valence-corrected chi connectivity index (χ2v) is 15.5. The number of aliphatic hydroxyl groups is 2. The molecule has 1 rings (SSSR count). The van der Waals surface area contributed by atoms with Gasteiger partial charge in [-0.2, -0.15) is 0 Å². The molecule has 1 heterocycles. The van der Waals surface area contributed by atoms with Crippen LogP contribution in [0.3, 0.4) is 0 Å². The molecule has 0 spiro atoms. The molecule has 0 aromatic heterocycles. The fourth-order valence-electron chi connectivity index (χ4n) is 5.48. The van der Waals surface area contributed by atoms with Gasteiger partial charge in [0.25, 0.3) is 0 Å². The van der Waals surface area contributed by atoms with Gasteiger partial charge in [0.1, 0.15) is 18.8 Å². The maximum atomic E-state index is 12.7. The molecule has 56 heavy (non-hydrogen) atoms. The van der Waals surface area contributed by atoms with Crippen molar-refractivity contribution in [3.8, 4) is 0 Å². The van der Waals surface area contributed by atoms with Crippen LogP contribution in [0, 0.1) is 0 Å². The predicted molar refractivity (Wildman–Crippen MR) is 223 cm³/mol. The maximum absolute atomic E-state index is 12.7. The van der Waals surface area contributed by atoms with Gasteiger partial charge >= 0.3 is 19.8 Å². The van der Waals surface area contributed by atoms with E-state index in [9.17, 15) is 24.2 Å². The van der Waals surface area contributed by atoms with E-state index in [2.05, 4.69) is 60.9 Å². The molecule has 0 amide bonds. The van der Waals surface area contributed by atoms with E-state index in [-0.39, 0.29) is 31.7 Å². The second kappa shape index (κ2) is 35.5. The largest absolute Gasteiger partial charge is 0.472 e. The van der Waals surface area contributed by atoms with Crippen molar-refractivity contribution in [2.45, 2.75) is 167 Å². The summed E-state index contributed by atoms with van der Waals surface area (Å²) < 4.78 is 38.3. The molecule has 0 bridgehead atoms. The van der Waals surface area contributed by atoms with E-state index in [0.29, 0.717) is 19.3 Å².